The first-order valence-corrected chi connectivity index (χ1v) is 6.65. The molecule has 2 rings (SSSR count). The van der Waals surface area contributed by atoms with Gasteiger partial charge in [0.05, 0.1) is 17.8 Å². The molecule has 1 saturated heterocycles. The minimum absolute atomic E-state index is 0.0209. The Morgan fingerprint density at radius 3 is 2.15 bits per heavy atom. The predicted octanol–water partition coefficient (Wildman–Crippen LogP) is 2.66. The second-order valence-corrected chi connectivity index (χ2v) is 5.83. The summed E-state index contributed by atoms with van der Waals surface area (Å²) in [6, 6.07) is 1.98. The number of halogens is 2. The molecule has 0 radical (unpaired) electrons. The van der Waals surface area contributed by atoms with E-state index >= 15 is 0 Å². The Morgan fingerprint density at radius 1 is 1.10 bits per heavy atom. The molecule has 0 aromatic heterocycles. The number of hydrogen-bond acceptors (Lipinski definition) is 3. The molecule has 3 nitrogen and oxygen atoms in total. The van der Waals surface area contributed by atoms with Gasteiger partial charge in [-0.2, -0.15) is 0 Å². The maximum atomic E-state index is 13.9. The molecule has 6 heteroatoms. The van der Waals surface area contributed by atoms with E-state index in [0.717, 1.165) is 6.07 Å². The second-order valence-electron chi connectivity index (χ2n) is 5.83. The monoisotopic (exact) mass is 284 g/mol. The fraction of sp³-hybridized carbons (Fsp3) is 0.571. The van der Waals surface area contributed by atoms with Gasteiger partial charge in [0.2, 0.25) is 0 Å². The van der Waals surface area contributed by atoms with Crippen LogP contribution in [0.3, 0.4) is 0 Å². The molecule has 1 heterocycles. The highest BCUT2D eigenvalue weighted by atomic mass is 19.1. The molecular weight excluding hydrogens is 265 g/mol. The summed E-state index contributed by atoms with van der Waals surface area (Å²) in [4.78, 5) is 0. The van der Waals surface area contributed by atoms with Crippen molar-refractivity contribution in [1.82, 2.24) is 0 Å². The molecule has 1 aliphatic rings. The Bertz CT molecular complexity index is 501. The van der Waals surface area contributed by atoms with E-state index in [1.807, 2.05) is 27.7 Å². The SMILES string of the molecule is CCOc1c(F)cc(F)cc1B1OC(C)(C)C(C)(C)O1. The van der Waals surface area contributed by atoms with E-state index < -0.39 is 30.0 Å². The highest BCUT2D eigenvalue weighted by Crippen LogP contribution is 2.37. The lowest BCUT2D eigenvalue weighted by Crippen LogP contribution is -2.41. The zero-order valence-electron chi connectivity index (χ0n) is 12.4. The van der Waals surface area contributed by atoms with Gasteiger partial charge in [-0.15, -0.1) is 0 Å². The van der Waals surface area contributed by atoms with Gasteiger partial charge < -0.3 is 14.0 Å². The highest BCUT2D eigenvalue weighted by molar-refractivity contribution is 6.63. The van der Waals surface area contributed by atoms with Crippen molar-refractivity contribution in [3.8, 4) is 5.75 Å². The van der Waals surface area contributed by atoms with Crippen molar-refractivity contribution in [2.24, 2.45) is 0 Å². The van der Waals surface area contributed by atoms with Crippen LogP contribution in [0.5, 0.6) is 5.75 Å². The average Bonchev–Trinajstić information content (AvgIpc) is 2.51. The molecule has 20 heavy (non-hydrogen) atoms. The van der Waals surface area contributed by atoms with E-state index in [-0.39, 0.29) is 17.8 Å². The van der Waals surface area contributed by atoms with Crippen molar-refractivity contribution in [2.75, 3.05) is 6.61 Å². The third kappa shape index (κ3) is 2.54. The van der Waals surface area contributed by atoms with Crippen LogP contribution in [0.15, 0.2) is 12.1 Å². The van der Waals surface area contributed by atoms with Crippen LogP contribution in [0.2, 0.25) is 0 Å². The molecule has 0 unspecified atom stereocenters. The van der Waals surface area contributed by atoms with Gasteiger partial charge in [0, 0.05) is 11.5 Å². The van der Waals surface area contributed by atoms with Gasteiger partial charge in [-0.1, -0.05) is 0 Å². The number of benzene rings is 1. The van der Waals surface area contributed by atoms with Crippen LogP contribution in [0.25, 0.3) is 0 Å². The van der Waals surface area contributed by atoms with Crippen molar-refractivity contribution in [2.45, 2.75) is 45.8 Å². The Hall–Kier alpha value is -1.14. The molecule has 0 saturated carbocycles. The van der Waals surface area contributed by atoms with Crippen molar-refractivity contribution in [1.29, 1.82) is 0 Å². The van der Waals surface area contributed by atoms with Crippen LogP contribution >= 0.6 is 0 Å². The highest BCUT2D eigenvalue weighted by Gasteiger charge is 2.52. The largest absolute Gasteiger partial charge is 0.498 e. The Kier molecular flexibility index (Phi) is 3.82. The second kappa shape index (κ2) is 5.00. The van der Waals surface area contributed by atoms with Gasteiger partial charge in [-0.3, -0.25) is 0 Å². The Labute approximate surface area is 118 Å². The summed E-state index contributed by atoms with van der Waals surface area (Å²) in [5.41, 5.74) is -0.920. The summed E-state index contributed by atoms with van der Waals surface area (Å²) >= 11 is 0. The molecule has 1 aromatic carbocycles. The first-order chi connectivity index (χ1) is 9.18. The first-order valence-electron chi connectivity index (χ1n) is 6.65. The Morgan fingerprint density at radius 2 is 1.65 bits per heavy atom. The van der Waals surface area contributed by atoms with Crippen LogP contribution in [0.1, 0.15) is 34.6 Å². The van der Waals surface area contributed by atoms with E-state index in [2.05, 4.69) is 0 Å². The zero-order valence-corrected chi connectivity index (χ0v) is 12.4. The zero-order chi connectivity index (χ0) is 15.1. The van der Waals surface area contributed by atoms with Gasteiger partial charge in [-0.05, 0) is 40.7 Å². The Balaban J connectivity index is 2.44. The topological polar surface area (TPSA) is 27.7 Å². The van der Waals surface area contributed by atoms with Gasteiger partial charge >= 0.3 is 7.12 Å². The molecule has 0 spiro atoms. The predicted molar refractivity (Wildman–Crippen MR) is 73.2 cm³/mol. The van der Waals surface area contributed by atoms with Crippen molar-refractivity contribution < 1.29 is 22.8 Å². The summed E-state index contributed by atoms with van der Waals surface area (Å²) in [7, 11) is -0.855. The van der Waals surface area contributed by atoms with E-state index in [0.29, 0.717) is 0 Å². The molecule has 0 N–H and O–H groups in total. The van der Waals surface area contributed by atoms with Gasteiger partial charge in [0.15, 0.2) is 11.6 Å². The van der Waals surface area contributed by atoms with E-state index in [1.54, 1.807) is 6.92 Å². The van der Waals surface area contributed by atoms with Gasteiger partial charge in [0.25, 0.3) is 0 Å². The molecule has 1 aliphatic heterocycles. The van der Waals surface area contributed by atoms with Gasteiger partial charge in [0.1, 0.15) is 5.82 Å². The van der Waals surface area contributed by atoms with Crippen LogP contribution in [0, 0.1) is 11.6 Å². The fourth-order valence-electron chi connectivity index (χ4n) is 2.02. The van der Waals surface area contributed by atoms with E-state index in [4.69, 9.17) is 14.0 Å². The van der Waals surface area contributed by atoms with E-state index in [1.165, 1.54) is 6.07 Å². The quantitative estimate of drug-likeness (QED) is 0.799. The lowest BCUT2D eigenvalue weighted by molar-refractivity contribution is 0.00578. The molecular formula is C14H19BF2O3. The first kappa shape index (κ1) is 15.3. The van der Waals surface area contributed by atoms with Crippen LogP contribution in [0.4, 0.5) is 8.78 Å². The van der Waals surface area contributed by atoms with Crippen LogP contribution in [-0.2, 0) is 9.31 Å². The number of rotatable bonds is 3. The standard InChI is InChI=1S/C14H19BF2O3/c1-6-18-12-10(7-9(16)8-11(12)17)15-19-13(2,3)14(4,5)20-15/h7-8H,6H2,1-5H3. The maximum Gasteiger partial charge on any atom is 0.498 e. The maximum absolute atomic E-state index is 13.9. The van der Waals surface area contributed by atoms with Crippen molar-refractivity contribution in [3.05, 3.63) is 23.8 Å². The third-order valence-corrected chi connectivity index (χ3v) is 3.83. The molecule has 1 aromatic rings. The molecule has 1 fully saturated rings. The van der Waals surface area contributed by atoms with Crippen LogP contribution in [-0.4, -0.2) is 24.9 Å². The minimum atomic E-state index is -0.855. The smallest absolute Gasteiger partial charge is 0.491 e. The van der Waals surface area contributed by atoms with Gasteiger partial charge in [-0.25, -0.2) is 8.78 Å². The minimum Gasteiger partial charge on any atom is -0.491 e. The fourth-order valence-corrected chi connectivity index (χ4v) is 2.02. The summed E-state index contributed by atoms with van der Waals surface area (Å²) in [6.45, 7) is 9.52. The molecule has 0 amide bonds. The number of hydrogen-bond donors (Lipinski definition) is 0. The number of ether oxygens (including phenoxy) is 1. The lowest BCUT2D eigenvalue weighted by Gasteiger charge is -2.32. The molecule has 110 valence electrons. The van der Waals surface area contributed by atoms with Crippen molar-refractivity contribution in [3.63, 3.8) is 0 Å². The molecule has 0 atom stereocenters. The third-order valence-electron chi connectivity index (χ3n) is 3.83. The average molecular weight is 284 g/mol. The summed E-state index contributed by atoms with van der Waals surface area (Å²) in [6.07, 6.45) is 0. The normalized spacial score (nSPS) is 20.2. The van der Waals surface area contributed by atoms with E-state index in [9.17, 15) is 8.78 Å². The molecule has 0 aliphatic carbocycles. The van der Waals surface area contributed by atoms with Crippen LogP contribution < -0.4 is 10.2 Å². The summed E-state index contributed by atoms with van der Waals surface area (Å²) in [5.74, 6) is -1.46. The molecule has 0 bridgehead atoms. The van der Waals surface area contributed by atoms with Crippen molar-refractivity contribution >= 4 is 12.6 Å². The summed E-state index contributed by atoms with van der Waals surface area (Å²) in [5, 5.41) is 0. The lowest BCUT2D eigenvalue weighted by atomic mass is 9.78. The summed E-state index contributed by atoms with van der Waals surface area (Å²) < 4.78 is 44.2.